The van der Waals surface area contributed by atoms with Crippen LogP contribution in [0.3, 0.4) is 0 Å². The van der Waals surface area contributed by atoms with Gasteiger partial charge in [0.2, 0.25) is 0 Å². The van der Waals surface area contributed by atoms with Gasteiger partial charge in [-0.25, -0.2) is 9.50 Å². The van der Waals surface area contributed by atoms with Gasteiger partial charge in [0.15, 0.2) is 11.5 Å². The van der Waals surface area contributed by atoms with Crippen LogP contribution >= 0.6 is 11.6 Å². The number of aromatic nitrogens is 3. The van der Waals surface area contributed by atoms with Crippen LogP contribution < -0.4 is 10.2 Å². The number of rotatable bonds is 6. The third-order valence-corrected chi connectivity index (χ3v) is 4.99. The molecule has 1 N–H and O–H groups in total. The first-order valence-corrected chi connectivity index (χ1v) is 10.0. The number of nitrogens with zero attached hydrogens (tertiary/aromatic N) is 4. The molecule has 2 aromatic heterocycles. The van der Waals surface area contributed by atoms with E-state index in [1.54, 1.807) is 16.6 Å². The van der Waals surface area contributed by atoms with Crippen LogP contribution in [0.5, 0.6) is 0 Å². The Labute approximate surface area is 180 Å². The molecular formula is C23H22ClN5O. The monoisotopic (exact) mass is 419 g/mol. The third-order valence-electron chi connectivity index (χ3n) is 4.76. The Morgan fingerprint density at radius 1 is 1.10 bits per heavy atom. The number of aryl methyl sites for hydroxylation is 1. The molecule has 2 aromatic carbocycles. The molecule has 0 unspecified atom stereocenters. The van der Waals surface area contributed by atoms with Crippen molar-refractivity contribution < 1.29 is 4.79 Å². The van der Waals surface area contributed by atoms with E-state index < -0.39 is 0 Å². The maximum absolute atomic E-state index is 12.7. The Morgan fingerprint density at radius 3 is 2.63 bits per heavy atom. The minimum Gasteiger partial charge on any atom is -0.354 e. The minimum atomic E-state index is -0.243. The molecule has 0 radical (unpaired) electrons. The molecule has 0 bridgehead atoms. The predicted molar refractivity (Wildman–Crippen MR) is 119 cm³/mol. The lowest BCUT2D eigenvalue weighted by Gasteiger charge is -2.19. The van der Waals surface area contributed by atoms with Crippen molar-refractivity contribution in [1.82, 2.24) is 19.9 Å². The Balaban J connectivity index is 1.57. The number of halogens is 1. The first-order valence-electron chi connectivity index (χ1n) is 9.64. The molecule has 7 heteroatoms. The van der Waals surface area contributed by atoms with Gasteiger partial charge >= 0.3 is 0 Å². The van der Waals surface area contributed by atoms with Crippen LogP contribution in [0, 0.1) is 6.92 Å². The number of hydrogen-bond acceptors (Lipinski definition) is 4. The van der Waals surface area contributed by atoms with Gasteiger partial charge in [-0.3, -0.25) is 4.79 Å². The van der Waals surface area contributed by atoms with Crippen molar-refractivity contribution in [3.63, 3.8) is 0 Å². The summed E-state index contributed by atoms with van der Waals surface area (Å²) >= 11 is 6.01. The van der Waals surface area contributed by atoms with Crippen LogP contribution in [-0.4, -0.2) is 27.6 Å². The summed E-state index contributed by atoms with van der Waals surface area (Å²) in [5, 5.41) is 8.01. The van der Waals surface area contributed by atoms with E-state index in [0.717, 1.165) is 22.6 Å². The van der Waals surface area contributed by atoms with Crippen LogP contribution in [0.2, 0.25) is 5.02 Å². The molecule has 0 fully saturated rings. The third kappa shape index (κ3) is 4.44. The Hall–Kier alpha value is -3.38. The van der Waals surface area contributed by atoms with Crippen LogP contribution in [0.25, 0.3) is 5.52 Å². The van der Waals surface area contributed by atoms with E-state index in [0.29, 0.717) is 23.8 Å². The van der Waals surface area contributed by atoms with Crippen molar-refractivity contribution in [2.75, 3.05) is 11.9 Å². The van der Waals surface area contributed by atoms with Crippen LogP contribution in [0.4, 0.5) is 5.82 Å². The normalized spacial score (nSPS) is 10.9. The molecule has 30 heavy (non-hydrogen) atoms. The van der Waals surface area contributed by atoms with Gasteiger partial charge < -0.3 is 10.2 Å². The summed E-state index contributed by atoms with van der Waals surface area (Å²) in [4.78, 5) is 19.4. The molecule has 0 aliphatic carbocycles. The summed E-state index contributed by atoms with van der Waals surface area (Å²) in [6.07, 6.45) is 1.82. The SMILES string of the molecule is Cc1cn2nc(C(=O)NCc3cccc(Cl)c3)cc2c(N(C)Cc2ccccc2)n1. The Bertz CT molecular complexity index is 1190. The maximum atomic E-state index is 12.7. The van der Waals surface area contributed by atoms with E-state index in [9.17, 15) is 4.79 Å². The lowest BCUT2D eigenvalue weighted by molar-refractivity contribution is 0.0945. The number of nitrogens with one attached hydrogen (secondary N) is 1. The van der Waals surface area contributed by atoms with Gasteiger partial charge in [-0.05, 0) is 30.2 Å². The predicted octanol–water partition coefficient (Wildman–Crippen LogP) is 4.26. The molecule has 0 saturated heterocycles. The maximum Gasteiger partial charge on any atom is 0.272 e. The Kier molecular flexibility index (Phi) is 5.68. The van der Waals surface area contributed by atoms with Gasteiger partial charge in [0.25, 0.3) is 5.91 Å². The fourth-order valence-electron chi connectivity index (χ4n) is 3.33. The summed E-state index contributed by atoms with van der Waals surface area (Å²) < 4.78 is 1.72. The number of fused-ring (bicyclic) bond motifs is 1. The number of carbonyl (C=O) groups is 1. The molecule has 4 rings (SSSR count). The lowest BCUT2D eigenvalue weighted by atomic mass is 10.2. The summed E-state index contributed by atoms with van der Waals surface area (Å²) in [6, 6.07) is 19.4. The first-order chi connectivity index (χ1) is 14.5. The van der Waals surface area contributed by atoms with Crippen molar-refractivity contribution in [3.05, 3.63) is 94.4 Å². The highest BCUT2D eigenvalue weighted by Crippen LogP contribution is 2.22. The zero-order valence-electron chi connectivity index (χ0n) is 16.8. The second-order valence-electron chi connectivity index (χ2n) is 7.22. The highest BCUT2D eigenvalue weighted by molar-refractivity contribution is 6.30. The molecule has 1 amide bonds. The van der Waals surface area contributed by atoms with E-state index in [1.165, 1.54) is 5.56 Å². The van der Waals surface area contributed by atoms with Gasteiger partial charge in [-0.15, -0.1) is 0 Å². The van der Waals surface area contributed by atoms with Crippen LogP contribution in [0.15, 0.2) is 66.9 Å². The van der Waals surface area contributed by atoms with E-state index in [1.807, 2.05) is 56.6 Å². The van der Waals surface area contributed by atoms with E-state index in [-0.39, 0.29) is 5.91 Å². The highest BCUT2D eigenvalue weighted by atomic mass is 35.5. The van der Waals surface area contributed by atoms with Crippen LogP contribution in [0.1, 0.15) is 27.3 Å². The second-order valence-corrected chi connectivity index (χ2v) is 7.66. The van der Waals surface area contributed by atoms with Crippen molar-refractivity contribution in [1.29, 1.82) is 0 Å². The van der Waals surface area contributed by atoms with Gasteiger partial charge in [-0.2, -0.15) is 5.10 Å². The average Bonchev–Trinajstić information content (AvgIpc) is 3.16. The fourth-order valence-corrected chi connectivity index (χ4v) is 3.55. The Morgan fingerprint density at radius 2 is 1.87 bits per heavy atom. The second kappa shape index (κ2) is 8.55. The van der Waals surface area contributed by atoms with Crippen molar-refractivity contribution >= 4 is 28.8 Å². The highest BCUT2D eigenvalue weighted by Gasteiger charge is 2.16. The van der Waals surface area contributed by atoms with E-state index in [2.05, 4.69) is 27.4 Å². The molecule has 4 aromatic rings. The number of carbonyl (C=O) groups excluding carboxylic acids is 1. The minimum absolute atomic E-state index is 0.243. The molecular weight excluding hydrogens is 398 g/mol. The summed E-state index contributed by atoms with van der Waals surface area (Å²) in [6.45, 7) is 3.00. The van der Waals surface area contributed by atoms with Gasteiger partial charge in [0.05, 0.1) is 11.9 Å². The summed E-state index contributed by atoms with van der Waals surface area (Å²) in [5.41, 5.74) is 4.07. The summed E-state index contributed by atoms with van der Waals surface area (Å²) in [5.74, 6) is 0.535. The van der Waals surface area contributed by atoms with Crippen LogP contribution in [-0.2, 0) is 13.1 Å². The van der Waals surface area contributed by atoms with Gasteiger partial charge in [0.1, 0.15) is 5.52 Å². The van der Waals surface area contributed by atoms with E-state index >= 15 is 0 Å². The molecule has 0 aliphatic heterocycles. The van der Waals surface area contributed by atoms with E-state index in [4.69, 9.17) is 16.6 Å². The van der Waals surface area contributed by atoms with Crippen molar-refractivity contribution in [3.8, 4) is 0 Å². The molecule has 0 aliphatic rings. The summed E-state index contributed by atoms with van der Waals surface area (Å²) in [7, 11) is 1.99. The van der Waals surface area contributed by atoms with Crippen molar-refractivity contribution in [2.45, 2.75) is 20.0 Å². The fraction of sp³-hybridized carbons (Fsp3) is 0.174. The molecule has 0 atom stereocenters. The molecule has 2 heterocycles. The zero-order valence-corrected chi connectivity index (χ0v) is 17.6. The average molecular weight is 420 g/mol. The standard InChI is InChI=1S/C23H22ClN5O/c1-16-14-29-21(22(26-16)28(2)15-17-7-4-3-5-8-17)12-20(27-29)23(30)25-13-18-9-6-10-19(24)11-18/h3-12,14H,13,15H2,1-2H3,(H,25,30). The lowest BCUT2D eigenvalue weighted by Crippen LogP contribution is -2.23. The van der Waals surface area contributed by atoms with Gasteiger partial charge in [-0.1, -0.05) is 54.1 Å². The molecule has 152 valence electrons. The smallest absolute Gasteiger partial charge is 0.272 e. The van der Waals surface area contributed by atoms with Crippen molar-refractivity contribution in [2.24, 2.45) is 0 Å². The molecule has 0 spiro atoms. The number of hydrogen-bond donors (Lipinski definition) is 1. The number of anilines is 1. The largest absolute Gasteiger partial charge is 0.354 e. The molecule has 6 nitrogen and oxygen atoms in total. The zero-order chi connectivity index (χ0) is 21.1. The quantitative estimate of drug-likeness (QED) is 0.507. The molecule has 0 saturated carbocycles. The van der Waals surface area contributed by atoms with Gasteiger partial charge in [0, 0.05) is 31.2 Å². The number of amides is 1. The topological polar surface area (TPSA) is 62.5 Å². The number of benzene rings is 2. The first kappa shape index (κ1) is 19.9.